The highest BCUT2D eigenvalue weighted by atomic mass is 16.2. The number of urea groups is 1. The first-order valence-electron chi connectivity index (χ1n) is 7.42. The molecule has 2 aromatic rings. The summed E-state index contributed by atoms with van der Waals surface area (Å²) in [6.07, 6.45) is 1.86. The molecule has 0 saturated carbocycles. The Hall–Kier alpha value is -2.62. The lowest BCUT2D eigenvalue weighted by Gasteiger charge is -2.30. The molecule has 4 heteroatoms. The molecule has 0 aromatic heterocycles. The topological polar surface area (TPSA) is 49.4 Å². The number of nitrogens with one attached hydrogen (secondary N) is 1. The van der Waals surface area contributed by atoms with Gasteiger partial charge in [-0.15, -0.1) is 0 Å². The third-order valence-electron chi connectivity index (χ3n) is 3.88. The number of ketones is 1. The predicted octanol–water partition coefficient (Wildman–Crippen LogP) is 3.87. The Kier molecular flexibility index (Phi) is 3.92. The van der Waals surface area contributed by atoms with Crippen LogP contribution in [0.3, 0.4) is 0 Å². The van der Waals surface area contributed by atoms with Crippen LogP contribution < -0.4 is 10.2 Å². The van der Waals surface area contributed by atoms with E-state index < -0.39 is 0 Å². The third kappa shape index (κ3) is 2.86. The fourth-order valence-corrected chi connectivity index (χ4v) is 2.72. The van der Waals surface area contributed by atoms with Gasteiger partial charge in [0, 0.05) is 23.5 Å². The first-order chi connectivity index (χ1) is 10.6. The van der Waals surface area contributed by atoms with Gasteiger partial charge in [0.2, 0.25) is 0 Å². The number of Topliss-reactive ketones (excluding diaryl/α,β-unsaturated/α-hetero) is 1. The minimum absolute atomic E-state index is 0.0109. The van der Waals surface area contributed by atoms with E-state index in [1.54, 1.807) is 11.8 Å². The van der Waals surface area contributed by atoms with Crippen LogP contribution in [0.25, 0.3) is 0 Å². The van der Waals surface area contributed by atoms with Crippen LogP contribution in [0.1, 0.15) is 29.3 Å². The van der Waals surface area contributed by atoms with Crippen LogP contribution >= 0.6 is 0 Å². The SMILES string of the molecule is CC(=O)c1ccc2c(c1)N(C(=O)Nc1ccccc1)CCC2. The number of rotatable bonds is 2. The fraction of sp³-hybridized carbons (Fsp3) is 0.222. The summed E-state index contributed by atoms with van der Waals surface area (Å²) in [6.45, 7) is 2.20. The molecule has 1 aliphatic rings. The quantitative estimate of drug-likeness (QED) is 0.855. The number of para-hydroxylation sites is 1. The van der Waals surface area contributed by atoms with Gasteiger partial charge in [-0.05, 0) is 43.5 Å². The largest absolute Gasteiger partial charge is 0.326 e. The molecule has 0 saturated heterocycles. The van der Waals surface area contributed by atoms with Crippen LogP contribution in [0.15, 0.2) is 48.5 Å². The average Bonchev–Trinajstić information content (AvgIpc) is 2.54. The Morgan fingerprint density at radius 2 is 1.86 bits per heavy atom. The van der Waals surface area contributed by atoms with Gasteiger partial charge in [-0.3, -0.25) is 9.69 Å². The van der Waals surface area contributed by atoms with E-state index in [2.05, 4.69) is 5.32 Å². The lowest BCUT2D eigenvalue weighted by Crippen LogP contribution is -2.38. The van der Waals surface area contributed by atoms with Crippen LogP contribution in [-0.4, -0.2) is 18.4 Å². The highest BCUT2D eigenvalue weighted by molar-refractivity contribution is 6.04. The van der Waals surface area contributed by atoms with Crippen molar-refractivity contribution in [3.8, 4) is 0 Å². The molecule has 0 atom stereocenters. The number of amides is 2. The van der Waals surface area contributed by atoms with Gasteiger partial charge in [-0.2, -0.15) is 0 Å². The molecule has 0 bridgehead atoms. The summed E-state index contributed by atoms with van der Waals surface area (Å²) in [5.74, 6) is 0.0109. The van der Waals surface area contributed by atoms with Crippen LogP contribution in [0.5, 0.6) is 0 Å². The number of nitrogens with zero attached hydrogens (tertiary/aromatic N) is 1. The smallest absolute Gasteiger partial charge is 0.308 e. The van der Waals surface area contributed by atoms with Gasteiger partial charge in [0.1, 0.15) is 0 Å². The molecule has 3 rings (SSSR count). The summed E-state index contributed by atoms with van der Waals surface area (Å²) in [5, 5.41) is 2.90. The number of anilines is 2. The van der Waals surface area contributed by atoms with Crippen molar-refractivity contribution in [2.45, 2.75) is 19.8 Å². The molecule has 2 amide bonds. The van der Waals surface area contributed by atoms with Crippen molar-refractivity contribution in [1.82, 2.24) is 0 Å². The Bertz CT molecular complexity index is 710. The molecule has 2 aromatic carbocycles. The minimum atomic E-state index is -0.159. The average molecular weight is 294 g/mol. The van der Waals surface area contributed by atoms with E-state index in [4.69, 9.17) is 0 Å². The summed E-state index contributed by atoms with van der Waals surface area (Å²) in [6, 6.07) is 14.8. The van der Waals surface area contributed by atoms with Gasteiger partial charge >= 0.3 is 6.03 Å². The zero-order valence-electron chi connectivity index (χ0n) is 12.5. The number of carbonyl (C=O) groups is 2. The van der Waals surface area contributed by atoms with Gasteiger partial charge < -0.3 is 5.32 Å². The van der Waals surface area contributed by atoms with Crippen molar-refractivity contribution in [3.05, 3.63) is 59.7 Å². The maximum Gasteiger partial charge on any atom is 0.326 e. The molecule has 1 aliphatic heterocycles. The third-order valence-corrected chi connectivity index (χ3v) is 3.88. The van der Waals surface area contributed by atoms with Crippen molar-refractivity contribution in [1.29, 1.82) is 0 Å². The van der Waals surface area contributed by atoms with Crippen molar-refractivity contribution < 1.29 is 9.59 Å². The van der Waals surface area contributed by atoms with E-state index in [-0.39, 0.29) is 11.8 Å². The molecule has 22 heavy (non-hydrogen) atoms. The molecule has 0 fully saturated rings. The Balaban J connectivity index is 1.88. The van der Waals surface area contributed by atoms with Crippen molar-refractivity contribution >= 4 is 23.2 Å². The van der Waals surface area contributed by atoms with Crippen molar-refractivity contribution in [2.75, 3.05) is 16.8 Å². The molecular formula is C18H18N2O2. The van der Waals surface area contributed by atoms with Gasteiger partial charge in [0.25, 0.3) is 0 Å². The number of benzene rings is 2. The molecule has 0 spiro atoms. The van der Waals surface area contributed by atoms with E-state index in [0.717, 1.165) is 29.8 Å². The van der Waals surface area contributed by atoms with Crippen molar-refractivity contribution in [3.63, 3.8) is 0 Å². The maximum atomic E-state index is 12.5. The highest BCUT2D eigenvalue weighted by Crippen LogP contribution is 2.29. The standard InChI is InChI=1S/C18H18N2O2/c1-13(21)15-10-9-14-6-5-11-20(17(14)12-15)18(22)19-16-7-3-2-4-8-16/h2-4,7-10,12H,5-6,11H2,1H3,(H,19,22). The zero-order chi connectivity index (χ0) is 15.5. The van der Waals surface area contributed by atoms with E-state index in [1.165, 1.54) is 0 Å². The number of fused-ring (bicyclic) bond motifs is 1. The second kappa shape index (κ2) is 6.02. The predicted molar refractivity (Wildman–Crippen MR) is 87.6 cm³/mol. The number of hydrogen-bond acceptors (Lipinski definition) is 2. The second-order valence-corrected chi connectivity index (χ2v) is 5.45. The molecule has 0 unspecified atom stereocenters. The van der Waals surface area contributed by atoms with Crippen LogP contribution in [0.4, 0.5) is 16.2 Å². The monoisotopic (exact) mass is 294 g/mol. The highest BCUT2D eigenvalue weighted by Gasteiger charge is 2.23. The van der Waals surface area contributed by atoms with Crippen LogP contribution in [0.2, 0.25) is 0 Å². The number of carbonyl (C=O) groups excluding carboxylic acids is 2. The first kappa shape index (κ1) is 14.3. The summed E-state index contributed by atoms with van der Waals surface area (Å²) in [5.41, 5.74) is 3.35. The summed E-state index contributed by atoms with van der Waals surface area (Å²) < 4.78 is 0. The van der Waals surface area contributed by atoms with Crippen LogP contribution in [0, 0.1) is 0 Å². The lowest BCUT2D eigenvalue weighted by molar-refractivity contribution is 0.101. The fourth-order valence-electron chi connectivity index (χ4n) is 2.72. The maximum absolute atomic E-state index is 12.5. The van der Waals surface area contributed by atoms with E-state index in [1.807, 2.05) is 48.5 Å². The van der Waals surface area contributed by atoms with E-state index in [0.29, 0.717) is 12.1 Å². The Morgan fingerprint density at radius 3 is 2.59 bits per heavy atom. The Labute approximate surface area is 129 Å². The molecule has 1 heterocycles. The first-order valence-corrected chi connectivity index (χ1v) is 7.42. The Morgan fingerprint density at radius 1 is 1.09 bits per heavy atom. The molecule has 112 valence electrons. The second-order valence-electron chi connectivity index (χ2n) is 5.45. The number of hydrogen-bond donors (Lipinski definition) is 1. The normalized spacial score (nSPS) is 13.4. The zero-order valence-corrected chi connectivity index (χ0v) is 12.5. The van der Waals surface area contributed by atoms with Gasteiger partial charge in [0.15, 0.2) is 5.78 Å². The van der Waals surface area contributed by atoms with E-state index >= 15 is 0 Å². The minimum Gasteiger partial charge on any atom is -0.308 e. The molecule has 4 nitrogen and oxygen atoms in total. The summed E-state index contributed by atoms with van der Waals surface area (Å²) >= 11 is 0. The van der Waals surface area contributed by atoms with Crippen LogP contribution in [-0.2, 0) is 6.42 Å². The summed E-state index contributed by atoms with van der Waals surface area (Å²) in [7, 11) is 0. The van der Waals surface area contributed by atoms with Gasteiger partial charge in [0.05, 0.1) is 0 Å². The van der Waals surface area contributed by atoms with Gasteiger partial charge in [-0.25, -0.2) is 4.79 Å². The molecule has 0 radical (unpaired) electrons. The lowest BCUT2D eigenvalue weighted by atomic mass is 9.98. The van der Waals surface area contributed by atoms with E-state index in [9.17, 15) is 9.59 Å². The number of aryl methyl sites for hydroxylation is 1. The molecule has 1 N–H and O–H groups in total. The molecule has 0 aliphatic carbocycles. The van der Waals surface area contributed by atoms with Gasteiger partial charge in [-0.1, -0.05) is 30.3 Å². The van der Waals surface area contributed by atoms with Crippen molar-refractivity contribution in [2.24, 2.45) is 0 Å². The molecular weight excluding hydrogens is 276 g/mol. The summed E-state index contributed by atoms with van der Waals surface area (Å²) in [4.78, 5) is 25.8.